The topological polar surface area (TPSA) is 114 Å². The lowest BCUT2D eigenvalue weighted by molar-refractivity contribution is -0.124. The molecule has 2 aliphatic carbocycles. The number of carbonyl (C=O) groups excluding carboxylic acids is 1. The van der Waals surface area contributed by atoms with Crippen LogP contribution in [0.4, 0.5) is 11.8 Å². The lowest BCUT2D eigenvalue weighted by Gasteiger charge is -2.35. The molecule has 1 aliphatic heterocycles. The molecule has 10 heteroatoms. The Balaban J connectivity index is 1.02. The van der Waals surface area contributed by atoms with Crippen LogP contribution in [0.1, 0.15) is 44.1 Å². The van der Waals surface area contributed by atoms with Crippen molar-refractivity contribution in [1.82, 2.24) is 25.3 Å². The molecule has 1 atom stereocenters. The van der Waals surface area contributed by atoms with Crippen LogP contribution in [-0.2, 0) is 16.0 Å². The number of hydrogen-bond donors (Lipinski definition) is 3. The standard InChI is InChI=1S/C27H32ClN7O2/c28-26-25-19(9-10-29-26)5-8-22(34-25)32-20-6-3-18(4-7-20)24(17-1-2-17)35-27-30-12-16(13-31-27)11-23(36)33-21-14-37-15-21/h5,8-10,12-13,17-18,20-21,24H,1-4,6-7,11,14-15H2,(H,32,34)(H,33,36)(H,30,31,35). The monoisotopic (exact) mass is 521 g/mol. The molecule has 1 saturated heterocycles. The summed E-state index contributed by atoms with van der Waals surface area (Å²) in [5, 5.41) is 11.6. The number of hydrogen-bond acceptors (Lipinski definition) is 8. The number of aromatic nitrogens is 4. The normalized spacial score (nSPS) is 22.7. The van der Waals surface area contributed by atoms with E-state index in [0.717, 1.165) is 48.0 Å². The van der Waals surface area contributed by atoms with E-state index in [1.54, 1.807) is 18.6 Å². The summed E-state index contributed by atoms with van der Waals surface area (Å²) in [6, 6.07) is 6.90. The molecule has 3 aliphatic rings. The molecule has 194 valence electrons. The summed E-state index contributed by atoms with van der Waals surface area (Å²) in [6.07, 6.45) is 12.5. The van der Waals surface area contributed by atoms with Crippen molar-refractivity contribution in [2.75, 3.05) is 23.8 Å². The van der Waals surface area contributed by atoms with Crippen molar-refractivity contribution in [1.29, 1.82) is 0 Å². The quantitative estimate of drug-likeness (QED) is 0.362. The number of fused-ring (bicyclic) bond motifs is 1. The summed E-state index contributed by atoms with van der Waals surface area (Å²) >= 11 is 6.24. The van der Waals surface area contributed by atoms with Gasteiger partial charge in [-0.05, 0) is 74.1 Å². The number of anilines is 2. The third-order valence-corrected chi connectivity index (χ3v) is 7.97. The van der Waals surface area contributed by atoms with Gasteiger partial charge in [-0.25, -0.2) is 19.9 Å². The second-order valence-corrected chi connectivity index (χ2v) is 10.9. The number of nitrogens with one attached hydrogen (secondary N) is 3. The molecule has 3 aromatic heterocycles. The molecule has 4 heterocycles. The molecule has 0 bridgehead atoms. The molecule has 37 heavy (non-hydrogen) atoms. The van der Waals surface area contributed by atoms with Crippen LogP contribution in [0.5, 0.6) is 0 Å². The van der Waals surface area contributed by atoms with Crippen LogP contribution < -0.4 is 16.0 Å². The minimum Gasteiger partial charge on any atom is -0.377 e. The van der Waals surface area contributed by atoms with Crippen LogP contribution in [0.2, 0.25) is 5.15 Å². The smallest absolute Gasteiger partial charge is 0.224 e. The summed E-state index contributed by atoms with van der Waals surface area (Å²) in [6.45, 7) is 1.19. The Bertz CT molecular complexity index is 1240. The van der Waals surface area contributed by atoms with Crippen molar-refractivity contribution in [3.8, 4) is 0 Å². The first-order valence-electron chi connectivity index (χ1n) is 13.2. The highest BCUT2D eigenvalue weighted by molar-refractivity contribution is 6.33. The Morgan fingerprint density at radius 1 is 0.973 bits per heavy atom. The molecule has 0 aromatic carbocycles. The van der Waals surface area contributed by atoms with E-state index in [4.69, 9.17) is 21.3 Å². The first kappa shape index (κ1) is 24.3. The molecular formula is C27H32ClN7O2. The lowest BCUT2D eigenvalue weighted by atomic mass is 9.80. The molecule has 9 nitrogen and oxygen atoms in total. The molecule has 0 radical (unpaired) electrons. The van der Waals surface area contributed by atoms with Gasteiger partial charge in [-0.3, -0.25) is 4.79 Å². The maximum atomic E-state index is 12.1. The number of ether oxygens (including phenoxy) is 1. The molecule has 1 unspecified atom stereocenters. The first-order valence-corrected chi connectivity index (χ1v) is 13.6. The number of amides is 1. The van der Waals surface area contributed by atoms with Crippen LogP contribution in [0.3, 0.4) is 0 Å². The Kier molecular flexibility index (Phi) is 7.06. The molecule has 3 fully saturated rings. The number of nitrogens with zero attached hydrogens (tertiary/aromatic N) is 4. The van der Waals surface area contributed by atoms with E-state index in [0.29, 0.717) is 48.2 Å². The maximum absolute atomic E-state index is 12.1. The zero-order valence-corrected chi connectivity index (χ0v) is 21.5. The zero-order valence-electron chi connectivity index (χ0n) is 20.7. The van der Waals surface area contributed by atoms with Gasteiger partial charge in [0.1, 0.15) is 11.3 Å². The predicted octanol–water partition coefficient (Wildman–Crippen LogP) is 3.99. The van der Waals surface area contributed by atoms with Gasteiger partial charge in [-0.2, -0.15) is 0 Å². The second kappa shape index (κ2) is 10.8. The van der Waals surface area contributed by atoms with E-state index in [2.05, 4.69) is 30.9 Å². The van der Waals surface area contributed by atoms with Crippen molar-refractivity contribution < 1.29 is 9.53 Å². The average Bonchev–Trinajstić information content (AvgIpc) is 3.72. The second-order valence-electron chi connectivity index (χ2n) is 10.5. The SMILES string of the molecule is O=C(Cc1cnc(NC(C2CCC(Nc3ccc4ccnc(Cl)c4n3)CC2)C2CC2)nc1)NC1COC1. The van der Waals surface area contributed by atoms with E-state index in [1.807, 2.05) is 18.2 Å². The third-order valence-electron chi connectivity index (χ3n) is 7.69. The van der Waals surface area contributed by atoms with E-state index in [9.17, 15) is 4.79 Å². The molecule has 1 amide bonds. The Labute approximate surface area is 221 Å². The molecule has 2 saturated carbocycles. The van der Waals surface area contributed by atoms with Gasteiger partial charge in [0, 0.05) is 36.1 Å². The third kappa shape index (κ3) is 5.93. The van der Waals surface area contributed by atoms with Crippen LogP contribution >= 0.6 is 11.6 Å². The number of carbonyl (C=O) groups is 1. The predicted molar refractivity (Wildman–Crippen MR) is 143 cm³/mol. The summed E-state index contributed by atoms with van der Waals surface area (Å²) in [4.78, 5) is 30.0. The molecule has 0 spiro atoms. The zero-order chi connectivity index (χ0) is 25.2. The van der Waals surface area contributed by atoms with E-state index >= 15 is 0 Å². The van der Waals surface area contributed by atoms with Crippen molar-refractivity contribution in [2.45, 2.75) is 63.1 Å². The van der Waals surface area contributed by atoms with Crippen molar-refractivity contribution in [3.05, 3.63) is 47.5 Å². The van der Waals surface area contributed by atoms with Crippen LogP contribution in [-0.4, -0.2) is 57.2 Å². The Morgan fingerprint density at radius 2 is 1.70 bits per heavy atom. The summed E-state index contributed by atoms with van der Waals surface area (Å²) < 4.78 is 5.10. The fraction of sp³-hybridized carbons (Fsp3) is 0.519. The van der Waals surface area contributed by atoms with Crippen molar-refractivity contribution in [2.24, 2.45) is 11.8 Å². The minimum absolute atomic E-state index is 0.0162. The molecular weight excluding hydrogens is 490 g/mol. The van der Waals surface area contributed by atoms with Crippen molar-refractivity contribution >= 4 is 40.2 Å². The molecule has 3 aromatic rings. The number of rotatable bonds is 9. The van der Waals surface area contributed by atoms with Gasteiger partial charge >= 0.3 is 0 Å². The highest BCUT2D eigenvalue weighted by Crippen LogP contribution is 2.42. The van der Waals surface area contributed by atoms with Crippen LogP contribution in [0.25, 0.3) is 10.9 Å². The fourth-order valence-corrected chi connectivity index (χ4v) is 5.66. The van der Waals surface area contributed by atoms with Gasteiger partial charge in [0.2, 0.25) is 11.9 Å². The lowest BCUT2D eigenvalue weighted by Crippen LogP contribution is -2.49. The summed E-state index contributed by atoms with van der Waals surface area (Å²) in [7, 11) is 0. The van der Waals surface area contributed by atoms with Gasteiger partial charge in [0.05, 0.1) is 25.7 Å². The summed E-state index contributed by atoms with van der Waals surface area (Å²) in [5.74, 6) is 2.76. The van der Waals surface area contributed by atoms with E-state index < -0.39 is 0 Å². The summed E-state index contributed by atoms with van der Waals surface area (Å²) in [5.41, 5.74) is 1.55. The van der Waals surface area contributed by atoms with E-state index in [1.165, 1.54) is 12.8 Å². The number of pyridine rings is 2. The molecule has 3 N–H and O–H groups in total. The van der Waals surface area contributed by atoms with Gasteiger partial charge in [-0.15, -0.1) is 0 Å². The Morgan fingerprint density at radius 3 is 2.38 bits per heavy atom. The number of halogens is 1. The average molecular weight is 522 g/mol. The highest BCUT2D eigenvalue weighted by atomic mass is 35.5. The van der Waals surface area contributed by atoms with Crippen LogP contribution in [0.15, 0.2) is 36.8 Å². The maximum Gasteiger partial charge on any atom is 0.224 e. The molecule has 6 rings (SSSR count). The van der Waals surface area contributed by atoms with Crippen molar-refractivity contribution in [3.63, 3.8) is 0 Å². The minimum atomic E-state index is -0.0162. The Hall–Kier alpha value is -3.04. The fourth-order valence-electron chi connectivity index (χ4n) is 5.45. The van der Waals surface area contributed by atoms with Gasteiger partial charge < -0.3 is 20.7 Å². The van der Waals surface area contributed by atoms with Crippen LogP contribution in [0, 0.1) is 11.8 Å². The van der Waals surface area contributed by atoms with Gasteiger partial charge in [0.15, 0.2) is 5.15 Å². The first-order chi connectivity index (χ1) is 18.1. The highest BCUT2D eigenvalue weighted by Gasteiger charge is 2.38. The van der Waals surface area contributed by atoms with Gasteiger partial charge in [0.25, 0.3) is 0 Å². The largest absolute Gasteiger partial charge is 0.377 e. The van der Waals surface area contributed by atoms with E-state index in [-0.39, 0.29) is 18.4 Å². The van der Waals surface area contributed by atoms with Gasteiger partial charge in [-0.1, -0.05) is 11.6 Å².